The minimum absolute atomic E-state index is 0.0171. The van der Waals surface area contributed by atoms with Gasteiger partial charge in [-0.25, -0.2) is 4.79 Å². The summed E-state index contributed by atoms with van der Waals surface area (Å²) in [5, 5.41) is 30.2. The first kappa shape index (κ1) is 19.7. The number of methoxy groups -OCH3 is 1. The maximum atomic E-state index is 11.8. The summed E-state index contributed by atoms with van der Waals surface area (Å²) < 4.78 is 4.77. The van der Waals surface area contributed by atoms with E-state index in [4.69, 9.17) is 10.5 Å². The van der Waals surface area contributed by atoms with Crippen molar-refractivity contribution in [2.75, 3.05) is 14.2 Å². The average molecular weight is 399 g/mol. The van der Waals surface area contributed by atoms with Crippen molar-refractivity contribution in [2.45, 2.75) is 30.8 Å². The van der Waals surface area contributed by atoms with Crippen LogP contribution in [0, 0.1) is 45.3 Å². The molecule has 1 aliphatic carbocycles. The van der Waals surface area contributed by atoms with Crippen molar-refractivity contribution >= 4 is 5.97 Å². The second kappa shape index (κ2) is 7.02. The van der Waals surface area contributed by atoms with Crippen LogP contribution in [0.15, 0.2) is 47.2 Å². The van der Waals surface area contributed by atoms with Crippen molar-refractivity contribution in [3.8, 4) is 18.2 Å². The van der Waals surface area contributed by atoms with E-state index in [0.29, 0.717) is 5.56 Å². The molecule has 1 aromatic rings. The Morgan fingerprint density at radius 2 is 1.87 bits per heavy atom. The first-order valence-corrected chi connectivity index (χ1v) is 9.78. The summed E-state index contributed by atoms with van der Waals surface area (Å²) in [4.78, 5) is 14.1. The molecule has 2 heterocycles. The summed E-state index contributed by atoms with van der Waals surface area (Å²) in [7, 11) is 3.36. The topological polar surface area (TPSA) is 127 Å². The van der Waals surface area contributed by atoms with Crippen molar-refractivity contribution in [1.82, 2.24) is 4.90 Å². The van der Waals surface area contributed by atoms with Crippen LogP contribution in [0.2, 0.25) is 0 Å². The lowest BCUT2D eigenvalue weighted by Crippen LogP contribution is -2.51. The molecule has 2 aliphatic heterocycles. The highest BCUT2D eigenvalue weighted by Crippen LogP contribution is 2.58. The van der Waals surface area contributed by atoms with E-state index in [0.717, 1.165) is 24.0 Å². The van der Waals surface area contributed by atoms with Crippen LogP contribution in [-0.2, 0) is 4.74 Å². The van der Waals surface area contributed by atoms with Gasteiger partial charge < -0.3 is 10.5 Å². The summed E-state index contributed by atoms with van der Waals surface area (Å²) in [5.74, 6) is -1.24. The number of nitrogens with zero attached hydrogens (tertiary/aromatic N) is 4. The second-order valence-corrected chi connectivity index (χ2v) is 8.05. The number of nitriles is 3. The number of nitrogens with two attached hydrogens (primary N) is 1. The lowest BCUT2D eigenvalue weighted by Gasteiger charge is -2.48. The molecular formula is C23H21N5O2. The Bertz CT molecular complexity index is 1080. The fraction of sp³-hybridized carbons (Fsp3) is 0.391. The number of esters is 1. The number of carbonyl (C=O) groups is 1. The summed E-state index contributed by atoms with van der Waals surface area (Å²) in [6, 6.07) is 13.6. The van der Waals surface area contributed by atoms with Crippen LogP contribution in [0.25, 0.3) is 0 Å². The van der Waals surface area contributed by atoms with Gasteiger partial charge in [-0.2, -0.15) is 15.8 Å². The molecule has 0 saturated carbocycles. The summed E-state index contributed by atoms with van der Waals surface area (Å²) in [5.41, 5.74) is 6.92. The molecule has 1 fully saturated rings. The Kier molecular flexibility index (Phi) is 4.61. The van der Waals surface area contributed by atoms with Gasteiger partial charge in [-0.15, -0.1) is 0 Å². The van der Waals surface area contributed by atoms with Gasteiger partial charge in [-0.1, -0.05) is 18.2 Å². The van der Waals surface area contributed by atoms with Gasteiger partial charge in [0.25, 0.3) is 0 Å². The first-order chi connectivity index (χ1) is 14.4. The first-order valence-electron chi connectivity index (χ1n) is 9.78. The molecule has 7 heteroatoms. The monoisotopic (exact) mass is 399 g/mol. The third-order valence-corrected chi connectivity index (χ3v) is 6.91. The predicted molar refractivity (Wildman–Crippen MR) is 107 cm³/mol. The Labute approximate surface area is 175 Å². The normalized spacial score (nSPS) is 29.1. The third-order valence-electron chi connectivity index (χ3n) is 6.91. The lowest BCUT2D eigenvalue weighted by molar-refractivity contribution is 0.0600. The van der Waals surface area contributed by atoms with E-state index < -0.39 is 17.3 Å². The SMILES string of the molecule is COC(=O)c1ccc([C@@H]2[C@@H]3C(=C[C@H]4CC[C@H]3N4C)C(C#N)=C(N)C2(C#N)C#N)cc1. The number of carbonyl (C=O) groups excluding carboxylic acids is 1. The van der Waals surface area contributed by atoms with Gasteiger partial charge >= 0.3 is 5.97 Å². The maximum Gasteiger partial charge on any atom is 0.337 e. The number of allylic oxidation sites excluding steroid dienone is 2. The Hall–Kier alpha value is -3.60. The van der Waals surface area contributed by atoms with Crippen molar-refractivity contribution in [1.29, 1.82) is 15.8 Å². The Morgan fingerprint density at radius 1 is 1.20 bits per heavy atom. The molecular weight excluding hydrogens is 378 g/mol. The molecule has 30 heavy (non-hydrogen) atoms. The summed E-state index contributed by atoms with van der Waals surface area (Å²) in [6.45, 7) is 0. The van der Waals surface area contributed by atoms with Crippen molar-refractivity contribution in [3.63, 3.8) is 0 Å². The van der Waals surface area contributed by atoms with E-state index in [1.807, 2.05) is 7.05 Å². The van der Waals surface area contributed by atoms with Gasteiger partial charge in [-0.05, 0) is 43.2 Å². The van der Waals surface area contributed by atoms with E-state index in [9.17, 15) is 20.6 Å². The van der Waals surface area contributed by atoms with Crippen LogP contribution in [0.3, 0.4) is 0 Å². The highest BCUT2D eigenvalue weighted by Gasteiger charge is 2.58. The molecule has 2 bridgehead atoms. The highest BCUT2D eigenvalue weighted by molar-refractivity contribution is 5.89. The number of hydrogen-bond acceptors (Lipinski definition) is 7. The smallest absolute Gasteiger partial charge is 0.337 e. The van der Waals surface area contributed by atoms with E-state index in [1.165, 1.54) is 7.11 Å². The third kappa shape index (κ3) is 2.48. The number of ether oxygens (including phenoxy) is 1. The van der Waals surface area contributed by atoms with E-state index in [-0.39, 0.29) is 29.3 Å². The molecule has 1 aromatic carbocycles. The number of likely N-dealkylation sites (N-methyl/N-ethyl adjacent to an activating group) is 1. The van der Waals surface area contributed by atoms with Crippen molar-refractivity contribution in [3.05, 3.63) is 58.3 Å². The molecule has 2 N–H and O–H groups in total. The lowest BCUT2D eigenvalue weighted by atomic mass is 9.56. The average Bonchev–Trinajstić information content (AvgIpc) is 3.01. The van der Waals surface area contributed by atoms with Gasteiger partial charge in [-0.3, -0.25) is 4.90 Å². The summed E-state index contributed by atoms with van der Waals surface area (Å²) >= 11 is 0. The fourth-order valence-electron chi connectivity index (χ4n) is 5.41. The minimum atomic E-state index is -1.67. The number of benzene rings is 1. The molecule has 4 rings (SSSR count). The number of hydrogen-bond donors (Lipinski definition) is 1. The fourth-order valence-corrected chi connectivity index (χ4v) is 5.41. The van der Waals surface area contributed by atoms with E-state index in [2.05, 4.69) is 29.2 Å². The minimum Gasteiger partial charge on any atom is -0.465 e. The largest absolute Gasteiger partial charge is 0.465 e. The van der Waals surface area contributed by atoms with Gasteiger partial charge in [0.1, 0.15) is 6.07 Å². The molecule has 3 aliphatic rings. The van der Waals surface area contributed by atoms with Crippen LogP contribution >= 0.6 is 0 Å². The molecule has 0 spiro atoms. The molecule has 0 radical (unpaired) electrons. The Balaban J connectivity index is 1.96. The van der Waals surface area contributed by atoms with Gasteiger partial charge in [0, 0.05) is 23.9 Å². The molecule has 0 aromatic heterocycles. The quantitative estimate of drug-likeness (QED) is 0.756. The van der Waals surface area contributed by atoms with E-state index >= 15 is 0 Å². The van der Waals surface area contributed by atoms with Crippen LogP contribution in [-0.4, -0.2) is 37.1 Å². The zero-order chi connectivity index (χ0) is 21.6. The molecule has 0 unspecified atom stereocenters. The highest BCUT2D eigenvalue weighted by atomic mass is 16.5. The molecule has 1 saturated heterocycles. The van der Waals surface area contributed by atoms with Crippen LogP contribution in [0.4, 0.5) is 0 Å². The second-order valence-electron chi connectivity index (χ2n) is 8.05. The number of rotatable bonds is 2. The van der Waals surface area contributed by atoms with Crippen LogP contribution in [0.1, 0.15) is 34.7 Å². The zero-order valence-electron chi connectivity index (χ0n) is 16.8. The molecule has 0 amide bonds. The molecule has 4 atom stereocenters. The molecule has 150 valence electrons. The van der Waals surface area contributed by atoms with Gasteiger partial charge in [0.2, 0.25) is 0 Å². The van der Waals surface area contributed by atoms with Gasteiger partial charge in [0.15, 0.2) is 5.41 Å². The molecule has 7 nitrogen and oxygen atoms in total. The maximum absolute atomic E-state index is 11.8. The van der Waals surface area contributed by atoms with E-state index in [1.54, 1.807) is 24.3 Å². The number of fused-ring (bicyclic) bond motifs is 4. The zero-order valence-corrected chi connectivity index (χ0v) is 16.8. The van der Waals surface area contributed by atoms with Crippen molar-refractivity contribution in [2.24, 2.45) is 17.1 Å². The summed E-state index contributed by atoms with van der Waals surface area (Å²) in [6.07, 6.45) is 3.95. The predicted octanol–water partition coefficient (Wildman–Crippen LogP) is 2.36. The van der Waals surface area contributed by atoms with Crippen LogP contribution in [0.5, 0.6) is 0 Å². The standard InChI is InChI=1S/C23H21N5O2/c1-28-15-7-8-18(28)19-16(9-15)17(10-24)21(27)23(11-25,12-26)20(19)13-3-5-14(6-4-13)22(29)30-2/h3-6,9,15,18-20H,7-8,27H2,1-2H3/t15-,18-,19-,20-/m1/s1. The Morgan fingerprint density at radius 3 is 2.43 bits per heavy atom. The van der Waals surface area contributed by atoms with Gasteiger partial charge in [0.05, 0.1) is 36.1 Å². The van der Waals surface area contributed by atoms with Crippen molar-refractivity contribution < 1.29 is 9.53 Å². The van der Waals surface area contributed by atoms with Crippen LogP contribution < -0.4 is 5.73 Å².